The van der Waals surface area contributed by atoms with Crippen LogP contribution in [0.5, 0.6) is 0 Å². The first kappa shape index (κ1) is 24.4. The van der Waals surface area contributed by atoms with Crippen molar-refractivity contribution in [1.82, 2.24) is 14.0 Å². The Morgan fingerprint density at radius 3 is 2.23 bits per heavy atom. The molecule has 0 radical (unpaired) electrons. The van der Waals surface area contributed by atoms with Crippen LogP contribution < -0.4 is 10.9 Å². The third kappa shape index (κ3) is 2.92. The zero-order chi connectivity index (χ0) is 29.4. The minimum absolute atomic E-state index is 0.0170. The van der Waals surface area contributed by atoms with E-state index in [4.69, 9.17) is 4.98 Å². The van der Waals surface area contributed by atoms with E-state index in [1.165, 1.54) is 81.7 Å². The molecule has 0 unspecified atom stereocenters. The van der Waals surface area contributed by atoms with Crippen molar-refractivity contribution in [2.75, 3.05) is 0 Å². The number of hydrogen-bond donors (Lipinski definition) is 0. The topological polar surface area (TPSA) is 22.8 Å². The van der Waals surface area contributed by atoms with Gasteiger partial charge in [-0.3, -0.25) is 4.98 Å². The van der Waals surface area contributed by atoms with Crippen LogP contribution in [0, 0.1) is 39.8 Å². The van der Waals surface area contributed by atoms with Gasteiger partial charge in [0.05, 0.1) is 32.1 Å². The largest absolute Gasteiger partial charge is 0.375 e. The highest BCUT2D eigenvalue weighted by atomic mass is 32.1. The van der Waals surface area contributed by atoms with Gasteiger partial charge in [-0.25, -0.2) is 0 Å². The molecule has 0 atom stereocenters. The summed E-state index contributed by atoms with van der Waals surface area (Å²) in [4.78, 5) is 5.07. The van der Waals surface area contributed by atoms with Crippen molar-refractivity contribution in [3.8, 4) is 5.69 Å². The van der Waals surface area contributed by atoms with Crippen LogP contribution in [0.15, 0.2) is 85.1 Å². The van der Waals surface area contributed by atoms with Gasteiger partial charge in [0.25, 0.3) is 0 Å². The van der Waals surface area contributed by atoms with Crippen molar-refractivity contribution in [3.05, 3.63) is 119 Å². The zero-order valence-corrected chi connectivity index (χ0v) is 25.7. The van der Waals surface area contributed by atoms with E-state index in [0.717, 1.165) is 21.1 Å². The number of rotatable bonds is 1. The highest BCUT2D eigenvalue weighted by molar-refractivity contribution is 7.26. The molecule has 206 valence electrons. The number of para-hydroxylation sites is 2. The summed E-state index contributed by atoms with van der Waals surface area (Å²) < 4.78 is 7.45. The summed E-state index contributed by atoms with van der Waals surface area (Å²) in [5, 5.41) is 6.38. The van der Waals surface area contributed by atoms with E-state index in [1.54, 1.807) is 11.3 Å². The molecule has 0 saturated carbocycles. The second-order valence-corrected chi connectivity index (χ2v) is 13.5. The predicted octanol–water partition coefficient (Wildman–Crippen LogP) is 8.46. The molecule has 0 bridgehead atoms. The Balaban J connectivity index is 1.42. The standard InChI is InChI=1S/C39H26BN3S/c1-21-16-23(3)36-27(18-21)28-19-22(2)17-24(4)37(28)43(36)40-29-12-6-7-14-31(29)42-32-20-41-35-25-10-5-8-15-33(25)44-39(35)34(32)26-11-9-13-30(40)38(26)42/h5-7,9-14,16-20H,1-4H3. The van der Waals surface area contributed by atoms with Gasteiger partial charge in [0.15, 0.2) is 0 Å². The lowest BCUT2D eigenvalue weighted by molar-refractivity contribution is 1.17. The first-order valence-corrected chi connectivity index (χ1v) is 16.0. The molecule has 1 aliphatic rings. The third-order valence-electron chi connectivity index (χ3n) is 9.72. The highest BCUT2D eigenvalue weighted by Gasteiger charge is 2.37. The van der Waals surface area contributed by atoms with Gasteiger partial charge in [0.1, 0.15) is 0 Å². The van der Waals surface area contributed by atoms with Crippen LogP contribution in [0.3, 0.4) is 0 Å². The van der Waals surface area contributed by atoms with Crippen molar-refractivity contribution in [3.63, 3.8) is 0 Å². The summed E-state index contributed by atoms with van der Waals surface area (Å²) in [6, 6.07) is 35.9. The van der Waals surface area contributed by atoms with Gasteiger partial charge in [-0.2, -0.15) is 0 Å². The van der Waals surface area contributed by atoms with E-state index in [1.807, 2.05) is 6.07 Å². The summed E-state index contributed by atoms with van der Waals surface area (Å²) in [6.07, 6.45) is 2.09. The fraction of sp³-hybridized carbons (Fsp3) is 0.103. The maximum Gasteiger partial charge on any atom is 0.332 e. The van der Waals surface area contributed by atoms with E-state index in [0.29, 0.717) is 0 Å². The van der Waals surface area contributed by atoms with Crippen LogP contribution in [-0.2, 0) is 0 Å². The van der Waals surface area contributed by atoms with Crippen LogP contribution in [-0.4, -0.2) is 20.9 Å². The van der Waals surface area contributed by atoms with Crippen LogP contribution >= 0.6 is 11.3 Å². The lowest BCUT2D eigenvalue weighted by Crippen LogP contribution is -2.53. The fourth-order valence-electron chi connectivity index (χ4n) is 8.26. The maximum absolute atomic E-state index is 5.07. The molecule has 5 heteroatoms. The van der Waals surface area contributed by atoms with Crippen LogP contribution in [0.1, 0.15) is 22.3 Å². The first-order valence-electron chi connectivity index (χ1n) is 15.2. The number of fused-ring (bicyclic) bond motifs is 12. The average Bonchev–Trinajstić information content (AvgIpc) is 3.66. The first-order chi connectivity index (χ1) is 21.5. The quantitative estimate of drug-likeness (QED) is 0.179. The number of aromatic nitrogens is 3. The number of thiophene rings is 1. The van der Waals surface area contributed by atoms with E-state index >= 15 is 0 Å². The Bertz CT molecular complexity index is 2660. The Hall–Kier alpha value is -5.05. The molecule has 5 aromatic carbocycles. The van der Waals surface area contributed by atoms with E-state index < -0.39 is 0 Å². The number of pyridine rings is 1. The molecule has 10 rings (SSSR count). The molecule has 3 nitrogen and oxygen atoms in total. The summed E-state index contributed by atoms with van der Waals surface area (Å²) >= 11 is 1.78. The number of aryl methyl sites for hydroxylation is 4. The fourth-order valence-corrected chi connectivity index (χ4v) is 9.43. The van der Waals surface area contributed by atoms with Gasteiger partial charge in [-0.15, -0.1) is 11.3 Å². The highest BCUT2D eigenvalue weighted by Crippen LogP contribution is 2.43. The zero-order valence-electron chi connectivity index (χ0n) is 24.9. The van der Waals surface area contributed by atoms with Gasteiger partial charge >= 0.3 is 6.85 Å². The smallest absolute Gasteiger partial charge is 0.332 e. The van der Waals surface area contributed by atoms with Crippen LogP contribution in [0.25, 0.3) is 69.6 Å². The molecule has 0 fully saturated rings. The van der Waals surface area contributed by atoms with Crippen molar-refractivity contribution in [1.29, 1.82) is 0 Å². The molecule has 4 aromatic heterocycles. The molecule has 0 N–H and O–H groups in total. The molecule has 1 aliphatic heterocycles. The molecule has 5 heterocycles. The molecule has 44 heavy (non-hydrogen) atoms. The van der Waals surface area contributed by atoms with Crippen molar-refractivity contribution >= 4 is 93.0 Å². The Kier molecular flexibility index (Phi) is 4.61. The lowest BCUT2D eigenvalue weighted by atomic mass is 9.48. The monoisotopic (exact) mass is 579 g/mol. The number of hydrogen-bond acceptors (Lipinski definition) is 2. The van der Waals surface area contributed by atoms with E-state index in [2.05, 4.69) is 128 Å². The minimum atomic E-state index is 0.0170. The Morgan fingerprint density at radius 1 is 0.727 bits per heavy atom. The molecule has 0 saturated heterocycles. The Labute approximate surface area is 259 Å². The average molecular weight is 580 g/mol. The normalized spacial score (nSPS) is 12.8. The number of nitrogens with zero attached hydrogens (tertiary/aromatic N) is 3. The summed E-state index contributed by atoms with van der Waals surface area (Å²) in [5.74, 6) is 0. The van der Waals surface area contributed by atoms with Gasteiger partial charge in [0.2, 0.25) is 0 Å². The Morgan fingerprint density at radius 2 is 1.45 bits per heavy atom. The second kappa shape index (κ2) is 8.31. The summed E-state index contributed by atoms with van der Waals surface area (Å²) in [7, 11) is 0. The van der Waals surface area contributed by atoms with Crippen molar-refractivity contribution < 1.29 is 0 Å². The number of benzene rings is 4. The van der Waals surface area contributed by atoms with E-state index in [9.17, 15) is 0 Å². The molecule has 0 amide bonds. The van der Waals surface area contributed by atoms with Crippen LogP contribution in [0.2, 0.25) is 0 Å². The molecule has 0 aliphatic carbocycles. The molecular formula is C39H26BN3S. The molecule has 9 aromatic rings. The SMILES string of the molecule is Cc1cc(C)c2c(c1)c1cc(C)cc(C)c1n2B1c2ccccc2-n2c3cnc4c5ccc#cc5sc4c3c3cccc1c32. The summed E-state index contributed by atoms with van der Waals surface area (Å²) in [5.41, 5.74) is 15.2. The van der Waals surface area contributed by atoms with Gasteiger partial charge in [-0.1, -0.05) is 71.8 Å². The molecular weight excluding hydrogens is 553 g/mol. The lowest BCUT2D eigenvalue weighted by Gasteiger charge is -2.29. The van der Waals surface area contributed by atoms with Crippen molar-refractivity contribution in [2.24, 2.45) is 0 Å². The predicted molar refractivity (Wildman–Crippen MR) is 188 cm³/mol. The second-order valence-electron chi connectivity index (χ2n) is 12.5. The van der Waals surface area contributed by atoms with Gasteiger partial charge < -0.3 is 9.05 Å². The summed E-state index contributed by atoms with van der Waals surface area (Å²) in [6.45, 7) is 9.00. The molecule has 0 spiro atoms. The van der Waals surface area contributed by atoms with Gasteiger partial charge in [-0.05, 0) is 80.1 Å². The minimum Gasteiger partial charge on any atom is -0.375 e. The van der Waals surface area contributed by atoms with Crippen molar-refractivity contribution in [2.45, 2.75) is 27.7 Å². The van der Waals surface area contributed by atoms with Gasteiger partial charge in [0, 0.05) is 43.7 Å². The third-order valence-corrected chi connectivity index (χ3v) is 10.9. The van der Waals surface area contributed by atoms with Crippen LogP contribution in [0.4, 0.5) is 0 Å². The van der Waals surface area contributed by atoms with E-state index in [-0.39, 0.29) is 6.85 Å². The maximum atomic E-state index is 5.07.